The van der Waals surface area contributed by atoms with Crippen LogP contribution in [0.15, 0.2) is 97.3 Å². The number of amides is 1. The number of aromatic nitrogens is 4. The number of para-hydroxylation sites is 1. The molecule has 0 saturated carbocycles. The summed E-state index contributed by atoms with van der Waals surface area (Å²) in [6, 6.07) is 34.4. The highest BCUT2D eigenvalue weighted by molar-refractivity contribution is 7.45. The SMILES string of the molecule is CC[C@H]1O[C@@H](n2cnc3c(OCCC#N)nc(NC(=O)COc4ccccc4)nc32)CC1O[P@@]1O[C@H](C[Si](C)(c2ccccc2)c2ccccc2)[C@@H]2CCCN21. The molecule has 0 spiro atoms. The second kappa shape index (κ2) is 17.2. The van der Waals surface area contributed by atoms with Crippen molar-refractivity contribution in [3.63, 3.8) is 0 Å². The molecule has 0 radical (unpaired) electrons. The van der Waals surface area contributed by atoms with E-state index in [1.165, 1.54) is 10.4 Å². The fraction of sp³-hybridized carbons (Fsp3) is 0.390. The molecule has 3 aromatic carbocycles. The van der Waals surface area contributed by atoms with Gasteiger partial charge in [-0.3, -0.25) is 14.7 Å². The Bertz CT molecular complexity index is 2100. The number of carbonyl (C=O) groups is 1. The summed E-state index contributed by atoms with van der Waals surface area (Å²) in [5, 5.41) is 14.7. The number of fused-ring (bicyclic) bond motifs is 2. The number of anilines is 1. The van der Waals surface area contributed by atoms with Gasteiger partial charge in [0, 0.05) is 19.0 Å². The molecule has 13 nitrogen and oxygen atoms in total. The first-order valence-electron chi connectivity index (χ1n) is 19.3. The maximum Gasteiger partial charge on any atom is 0.264 e. The second-order valence-electron chi connectivity index (χ2n) is 14.5. The quantitative estimate of drug-likeness (QED) is 0.0735. The summed E-state index contributed by atoms with van der Waals surface area (Å²) in [7, 11) is -3.45. The maximum absolute atomic E-state index is 12.9. The minimum Gasteiger partial charge on any atom is -0.484 e. The van der Waals surface area contributed by atoms with Gasteiger partial charge in [-0.05, 0) is 37.4 Å². The molecule has 15 heteroatoms. The number of hydrogen-bond donors (Lipinski definition) is 1. The Balaban J connectivity index is 1.00. The van der Waals surface area contributed by atoms with Crippen LogP contribution in [0.4, 0.5) is 5.95 Å². The lowest BCUT2D eigenvalue weighted by Gasteiger charge is -2.32. The summed E-state index contributed by atoms with van der Waals surface area (Å²) in [6.07, 6.45) is 4.55. The minimum atomic E-state index is -2.15. The van der Waals surface area contributed by atoms with E-state index in [2.05, 4.69) is 100 Å². The lowest BCUT2D eigenvalue weighted by molar-refractivity contribution is -0.118. The van der Waals surface area contributed by atoms with Crippen LogP contribution in [0.25, 0.3) is 11.2 Å². The van der Waals surface area contributed by atoms with Gasteiger partial charge in [0.2, 0.25) is 11.8 Å². The summed E-state index contributed by atoms with van der Waals surface area (Å²) in [4.78, 5) is 26.6. The molecule has 0 bridgehead atoms. The first kappa shape index (κ1) is 38.1. The molecule has 3 aliphatic rings. The van der Waals surface area contributed by atoms with Crippen molar-refractivity contribution in [1.82, 2.24) is 24.2 Å². The van der Waals surface area contributed by atoms with Gasteiger partial charge in [-0.1, -0.05) is 103 Å². The van der Waals surface area contributed by atoms with Gasteiger partial charge in [-0.15, -0.1) is 0 Å². The van der Waals surface area contributed by atoms with Crippen LogP contribution in [0.3, 0.4) is 0 Å². The third kappa shape index (κ3) is 8.07. The Hall–Kier alpha value is -4.74. The molecule has 1 unspecified atom stereocenters. The molecular weight excluding hydrogens is 746 g/mol. The van der Waals surface area contributed by atoms with Crippen LogP contribution in [0.5, 0.6) is 11.6 Å². The Morgan fingerprint density at radius 2 is 1.71 bits per heavy atom. The van der Waals surface area contributed by atoms with E-state index >= 15 is 0 Å². The fourth-order valence-electron chi connectivity index (χ4n) is 8.02. The van der Waals surface area contributed by atoms with Gasteiger partial charge in [0.15, 0.2) is 17.8 Å². The smallest absolute Gasteiger partial charge is 0.264 e. The molecule has 2 aromatic heterocycles. The molecule has 0 aliphatic carbocycles. The average Bonchev–Trinajstić information content (AvgIpc) is 4.04. The molecule has 5 aromatic rings. The van der Waals surface area contributed by atoms with Crippen molar-refractivity contribution in [3.05, 3.63) is 97.3 Å². The van der Waals surface area contributed by atoms with Crippen molar-refractivity contribution in [2.75, 3.05) is 25.1 Å². The maximum atomic E-state index is 12.9. The van der Waals surface area contributed by atoms with Crippen LogP contribution < -0.4 is 25.2 Å². The lowest BCUT2D eigenvalue weighted by Crippen LogP contribution is -2.58. The van der Waals surface area contributed by atoms with Gasteiger partial charge in [-0.25, -0.2) is 9.65 Å². The number of rotatable bonds is 15. The van der Waals surface area contributed by atoms with Gasteiger partial charge in [0.25, 0.3) is 14.4 Å². The van der Waals surface area contributed by atoms with Crippen LogP contribution in [-0.2, 0) is 18.6 Å². The molecule has 3 aliphatic heterocycles. The molecule has 5 heterocycles. The van der Waals surface area contributed by atoms with E-state index in [9.17, 15) is 4.79 Å². The van der Waals surface area contributed by atoms with E-state index in [-0.39, 0.29) is 49.8 Å². The standard InChI is InChI=1S/C41H46N7O6PSi/c1-3-33-34(53-55-48-23-13-21-32(48)35(54-55)27-56(2,30-17-9-5-10-18-30)31-19-11-6-12-20-31)25-37(52-33)47-28-43-38-39(47)45-41(46-40(38)50-24-14-22-42)44-36(49)26-51-29-15-7-4-8-16-29/h4-12,15-20,28,32-35,37H,3,13-14,21,23-27H2,1-2H3,(H,44,45,46,49)/t32-,33+,34?,35+,37+,55-/m0/s1. The number of nitriles is 1. The van der Waals surface area contributed by atoms with Gasteiger partial charge >= 0.3 is 0 Å². The molecule has 290 valence electrons. The highest BCUT2D eigenvalue weighted by Gasteiger charge is 2.51. The largest absolute Gasteiger partial charge is 0.484 e. The van der Waals surface area contributed by atoms with E-state index in [0.29, 0.717) is 29.4 Å². The van der Waals surface area contributed by atoms with Crippen molar-refractivity contribution in [1.29, 1.82) is 5.26 Å². The van der Waals surface area contributed by atoms with Crippen molar-refractivity contribution in [2.24, 2.45) is 0 Å². The number of ether oxygens (including phenoxy) is 3. The van der Waals surface area contributed by atoms with Gasteiger partial charge in [-0.2, -0.15) is 15.2 Å². The first-order valence-corrected chi connectivity index (χ1v) is 23.2. The van der Waals surface area contributed by atoms with Gasteiger partial charge < -0.3 is 23.3 Å². The zero-order chi connectivity index (χ0) is 38.5. The molecule has 56 heavy (non-hydrogen) atoms. The number of carbonyl (C=O) groups excluding carboxylic acids is 1. The van der Waals surface area contributed by atoms with E-state index in [4.69, 9.17) is 33.5 Å². The van der Waals surface area contributed by atoms with E-state index in [1.54, 1.807) is 18.5 Å². The Kier molecular flexibility index (Phi) is 11.7. The minimum absolute atomic E-state index is 0.0289. The van der Waals surface area contributed by atoms with Crippen LogP contribution in [-0.4, -0.2) is 82.3 Å². The van der Waals surface area contributed by atoms with Crippen LogP contribution in [0, 0.1) is 11.3 Å². The van der Waals surface area contributed by atoms with E-state index < -0.39 is 28.7 Å². The second-order valence-corrected chi connectivity index (χ2v) is 20.2. The normalized spacial score (nSPS) is 23.5. The van der Waals surface area contributed by atoms with Crippen LogP contribution in [0.1, 0.15) is 45.3 Å². The Labute approximate surface area is 328 Å². The Morgan fingerprint density at radius 1 is 1.00 bits per heavy atom. The van der Waals surface area contributed by atoms with Crippen molar-refractivity contribution < 1.29 is 28.1 Å². The summed E-state index contributed by atoms with van der Waals surface area (Å²) in [5.41, 5.74) is 0.832. The summed E-state index contributed by atoms with van der Waals surface area (Å²) in [6.45, 7) is 5.40. The van der Waals surface area contributed by atoms with Crippen molar-refractivity contribution in [2.45, 2.75) is 82.2 Å². The van der Waals surface area contributed by atoms with Crippen LogP contribution in [0.2, 0.25) is 12.6 Å². The lowest BCUT2D eigenvalue weighted by atomic mass is 10.1. The predicted octanol–water partition coefficient (Wildman–Crippen LogP) is 6.20. The summed E-state index contributed by atoms with van der Waals surface area (Å²) < 4.78 is 36.4. The third-order valence-corrected chi connectivity index (χ3v) is 17.1. The zero-order valence-electron chi connectivity index (χ0n) is 31.6. The van der Waals surface area contributed by atoms with Crippen molar-refractivity contribution in [3.8, 4) is 17.7 Å². The molecular formula is C41H46N7O6PSi. The topological polar surface area (TPSA) is 146 Å². The number of nitrogens with zero attached hydrogens (tertiary/aromatic N) is 6. The first-order chi connectivity index (χ1) is 27.4. The molecule has 3 saturated heterocycles. The summed E-state index contributed by atoms with van der Waals surface area (Å²) in [5.74, 6) is 0.322. The Morgan fingerprint density at radius 3 is 2.41 bits per heavy atom. The van der Waals surface area contributed by atoms with Crippen molar-refractivity contribution >= 4 is 50.0 Å². The fourth-order valence-corrected chi connectivity index (χ4v) is 14.0. The summed E-state index contributed by atoms with van der Waals surface area (Å²) >= 11 is 0. The molecule has 8 rings (SSSR count). The van der Waals surface area contributed by atoms with Gasteiger partial charge in [0.1, 0.15) is 26.7 Å². The number of nitrogens with one attached hydrogen (secondary N) is 1. The highest BCUT2D eigenvalue weighted by atomic mass is 31.2. The number of benzene rings is 3. The molecule has 1 amide bonds. The van der Waals surface area contributed by atoms with E-state index in [1.807, 2.05) is 22.8 Å². The average molecular weight is 792 g/mol. The monoisotopic (exact) mass is 791 g/mol. The predicted molar refractivity (Wildman–Crippen MR) is 215 cm³/mol. The number of hydrogen-bond acceptors (Lipinski definition) is 11. The van der Waals surface area contributed by atoms with Crippen LogP contribution >= 0.6 is 8.53 Å². The van der Waals surface area contributed by atoms with Gasteiger partial charge in [0.05, 0.1) is 37.1 Å². The molecule has 1 N–H and O–H groups in total. The zero-order valence-corrected chi connectivity index (χ0v) is 33.5. The molecule has 6 atom stereocenters. The highest BCUT2D eigenvalue weighted by Crippen LogP contribution is 2.59. The van der Waals surface area contributed by atoms with E-state index in [0.717, 1.165) is 31.9 Å². The third-order valence-electron chi connectivity index (χ3n) is 10.9. The molecule has 3 fully saturated rings. The number of imidazole rings is 1.